The minimum absolute atomic E-state index is 0.173. The highest BCUT2D eigenvalue weighted by molar-refractivity contribution is 14.1. The molecule has 2 aromatic carbocycles. The van der Waals surface area contributed by atoms with Crippen molar-refractivity contribution in [3.05, 3.63) is 50.6 Å². The summed E-state index contributed by atoms with van der Waals surface area (Å²) in [4.78, 5) is 0.173. The van der Waals surface area contributed by atoms with Crippen molar-refractivity contribution in [3.8, 4) is 5.75 Å². The molecular formula is C14H13ClINO3S. The molecule has 2 aromatic rings. The van der Waals surface area contributed by atoms with Crippen LogP contribution in [-0.2, 0) is 10.0 Å². The van der Waals surface area contributed by atoms with Crippen molar-refractivity contribution in [2.24, 2.45) is 0 Å². The van der Waals surface area contributed by atoms with Crippen LogP contribution in [0, 0.1) is 10.5 Å². The second-order valence-electron chi connectivity index (χ2n) is 4.36. The summed E-state index contributed by atoms with van der Waals surface area (Å²) in [5.74, 6) is 0.633. The fraction of sp³-hybridized carbons (Fsp3) is 0.143. The number of ether oxygens (including phenoxy) is 1. The minimum Gasteiger partial charge on any atom is -0.496 e. The van der Waals surface area contributed by atoms with Crippen LogP contribution in [0.1, 0.15) is 5.56 Å². The topological polar surface area (TPSA) is 55.4 Å². The molecule has 1 N–H and O–H groups in total. The van der Waals surface area contributed by atoms with Crippen LogP contribution in [0.2, 0.25) is 5.02 Å². The van der Waals surface area contributed by atoms with Gasteiger partial charge in [0.1, 0.15) is 5.75 Å². The number of sulfonamides is 1. The van der Waals surface area contributed by atoms with Crippen LogP contribution < -0.4 is 9.46 Å². The number of halogens is 2. The highest BCUT2D eigenvalue weighted by Crippen LogP contribution is 2.27. The van der Waals surface area contributed by atoms with Crippen molar-refractivity contribution in [2.75, 3.05) is 11.8 Å². The van der Waals surface area contributed by atoms with Gasteiger partial charge in [-0.2, -0.15) is 0 Å². The molecule has 0 spiro atoms. The summed E-state index contributed by atoms with van der Waals surface area (Å²) in [6.45, 7) is 1.81. The third kappa shape index (κ3) is 3.81. The molecule has 0 saturated carbocycles. The number of anilines is 1. The number of rotatable bonds is 4. The van der Waals surface area contributed by atoms with Crippen molar-refractivity contribution in [1.29, 1.82) is 0 Å². The van der Waals surface area contributed by atoms with Gasteiger partial charge >= 0.3 is 0 Å². The molecule has 0 atom stereocenters. The zero-order valence-corrected chi connectivity index (χ0v) is 15.1. The number of aryl methyl sites for hydroxylation is 1. The number of benzene rings is 2. The minimum atomic E-state index is -3.67. The van der Waals surface area contributed by atoms with Gasteiger partial charge in [-0.15, -0.1) is 0 Å². The van der Waals surface area contributed by atoms with Gasteiger partial charge in [-0.25, -0.2) is 8.42 Å². The molecule has 0 radical (unpaired) electrons. The number of hydrogen-bond donors (Lipinski definition) is 1. The molecule has 4 nitrogen and oxygen atoms in total. The molecule has 0 saturated heterocycles. The number of methoxy groups -OCH3 is 1. The lowest BCUT2D eigenvalue weighted by molar-refractivity contribution is 0.411. The van der Waals surface area contributed by atoms with E-state index >= 15 is 0 Å². The molecule has 21 heavy (non-hydrogen) atoms. The number of nitrogens with one attached hydrogen (secondary N) is 1. The molecule has 112 valence electrons. The average Bonchev–Trinajstić information content (AvgIpc) is 2.42. The summed E-state index contributed by atoms with van der Waals surface area (Å²) >= 11 is 7.93. The van der Waals surface area contributed by atoms with Crippen LogP contribution in [0.3, 0.4) is 0 Å². The van der Waals surface area contributed by atoms with Gasteiger partial charge in [0.2, 0.25) is 0 Å². The van der Waals surface area contributed by atoms with Gasteiger partial charge in [0.15, 0.2) is 0 Å². The third-order valence-electron chi connectivity index (χ3n) is 2.88. The number of hydrogen-bond acceptors (Lipinski definition) is 3. The van der Waals surface area contributed by atoms with Crippen LogP contribution in [0.25, 0.3) is 0 Å². The second kappa shape index (κ2) is 6.41. The Labute approximate surface area is 142 Å². The Bertz CT molecular complexity index is 778. The molecule has 0 heterocycles. The van der Waals surface area contributed by atoms with Crippen molar-refractivity contribution in [3.63, 3.8) is 0 Å². The van der Waals surface area contributed by atoms with E-state index in [1.807, 2.05) is 29.5 Å². The van der Waals surface area contributed by atoms with Gasteiger partial charge in [-0.05, 0) is 65.4 Å². The fourth-order valence-corrected chi connectivity index (χ4v) is 3.99. The zero-order chi connectivity index (χ0) is 15.6. The van der Waals surface area contributed by atoms with Gasteiger partial charge in [0.05, 0.1) is 21.3 Å². The fourth-order valence-electron chi connectivity index (χ4n) is 1.72. The quantitative estimate of drug-likeness (QED) is 0.734. The van der Waals surface area contributed by atoms with Gasteiger partial charge in [-0.1, -0.05) is 17.7 Å². The Hall–Kier alpha value is -0.990. The summed E-state index contributed by atoms with van der Waals surface area (Å²) < 4.78 is 33.2. The van der Waals surface area contributed by atoms with Gasteiger partial charge in [0, 0.05) is 5.02 Å². The predicted molar refractivity (Wildman–Crippen MR) is 92.7 cm³/mol. The lowest BCUT2D eigenvalue weighted by atomic mass is 10.2. The van der Waals surface area contributed by atoms with Crippen LogP contribution >= 0.6 is 34.2 Å². The highest BCUT2D eigenvalue weighted by Gasteiger charge is 2.17. The van der Waals surface area contributed by atoms with Gasteiger partial charge < -0.3 is 4.74 Å². The normalized spacial score (nSPS) is 11.2. The molecule has 7 heteroatoms. The molecule has 0 aliphatic rings. The standard InChI is InChI=1S/C14H13ClINO3S/c1-9-3-4-10(15)7-13(9)17-21(18,19)11-5-6-14(20-2)12(16)8-11/h3-8,17H,1-2H3. The van der Waals surface area contributed by atoms with Crippen LogP contribution in [0.15, 0.2) is 41.3 Å². The lowest BCUT2D eigenvalue weighted by Crippen LogP contribution is -2.14. The molecule has 0 bridgehead atoms. The Morgan fingerprint density at radius 2 is 1.90 bits per heavy atom. The van der Waals surface area contributed by atoms with E-state index in [-0.39, 0.29) is 4.90 Å². The van der Waals surface area contributed by atoms with Crippen molar-refractivity contribution >= 4 is 49.9 Å². The van der Waals surface area contributed by atoms with E-state index in [9.17, 15) is 8.42 Å². The Morgan fingerprint density at radius 1 is 1.19 bits per heavy atom. The first kappa shape index (κ1) is 16.4. The molecular weight excluding hydrogens is 425 g/mol. The van der Waals surface area contributed by atoms with E-state index in [1.54, 1.807) is 37.4 Å². The Kier molecular flexibility index (Phi) is 5.00. The molecule has 2 rings (SSSR count). The summed E-state index contributed by atoms with van der Waals surface area (Å²) in [5.41, 5.74) is 1.26. The van der Waals surface area contributed by atoms with E-state index < -0.39 is 10.0 Å². The predicted octanol–water partition coefficient (Wildman–Crippen LogP) is 4.06. The van der Waals surface area contributed by atoms with E-state index in [2.05, 4.69) is 4.72 Å². The maximum Gasteiger partial charge on any atom is 0.261 e. The molecule has 0 aliphatic heterocycles. The van der Waals surface area contributed by atoms with Crippen LogP contribution in [0.4, 0.5) is 5.69 Å². The zero-order valence-electron chi connectivity index (χ0n) is 11.4. The molecule has 0 fully saturated rings. The van der Waals surface area contributed by atoms with Crippen LogP contribution in [-0.4, -0.2) is 15.5 Å². The van der Waals surface area contributed by atoms with Gasteiger partial charge in [0.25, 0.3) is 10.0 Å². The Balaban J connectivity index is 2.38. The van der Waals surface area contributed by atoms with Crippen molar-refractivity contribution in [1.82, 2.24) is 0 Å². The lowest BCUT2D eigenvalue weighted by Gasteiger charge is -2.12. The molecule has 0 aromatic heterocycles. The van der Waals surface area contributed by atoms with Crippen LogP contribution in [0.5, 0.6) is 5.75 Å². The Morgan fingerprint density at radius 3 is 2.52 bits per heavy atom. The maximum absolute atomic E-state index is 12.4. The summed E-state index contributed by atoms with van der Waals surface area (Å²) in [5, 5.41) is 0.475. The first-order valence-electron chi connectivity index (χ1n) is 5.96. The first-order chi connectivity index (χ1) is 9.83. The average molecular weight is 438 g/mol. The second-order valence-corrected chi connectivity index (χ2v) is 7.64. The van der Waals surface area contributed by atoms with E-state index in [0.717, 1.165) is 9.13 Å². The highest BCUT2D eigenvalue weighted by atomic mass is 127. The van der Waals surface area contributed by atoms with Crippen molar-refractivity contribution in [2.45, 2.75) is 11.8 Å². The summed E-state index contributed by atoms with van der Waals surface area (Å²) in [6.07, 6.45) is 0. The summed E-state index contributed by atoms with van der Waals surface area (Å²) in [7, 11) is -2.13. The molecule has 0 amide bonds. The largest absolute Gasteiger partial charge is 0.496 e. The van der Waals surface area contributed by atoms with Crippen molar-refractivity contribution < 1.29 is 13.2 Å². The molecule has 0 unspecified atom stereocenters. The smallest absolute Gasteiger partial charge is 0.261 e. The maximum atomic E-state index is 12.4. The van der Waals surface area contributed by atoms with E-state index in [1.165, 1.54) is 6.07 Å². The SMILES string of the molecule is COc1ccc(S(=O)(=O)Nc2cc(Cl)ccc2C)cc1I. The summed E-state index contributed by atoms with van der Waals surface area (Å²) in [6, 6.07) is 9.75. The monoisotopic (exact) mass is 437 g/mol. The van der Waals surface area contributed by atoms with E-state index in [4.69, 9.17) is 16.3 Å². The van der Waals surface area contributed by atoms with Gasteiger partial charge in [-0.3, -0.25) is 4.72 Å². The van der Waals surface area contributed by atoms with E-state index in [0.29, 0.717) is 16.5 Å². The first-order valence-corrected chi connectivity index (χ1v) is 8.90. The molecule has 0 aliphatic carbocycles. The third-order valence-corrected chi connectivity index (χ3v) is 5.32.